The Kier molecular flexibility index (Phi) is 11.4. The Labute approximate surface area is 184 Å². The summed E-state index contributed by atoms with van der Waals surface area (Å²) >= 11 is 1.36. The number of aryl methyl sites for hydroxylation is 1. The fourth-order valence-corrected chi connectivity index (χ4v) is 3.65. The maximum atomic E-state index is 12.0. The van der Waals surface area contributed by atoms with Crippen molar-refractivity contribution in [3.8, 4) is 0 Å². The van der Waals surface area contributed by atoms with E-state index in [0.29, 0.717) is 17.2 Å². The molecule has 0 amide bonds. The van der Waals surface area contributed by atoms with Gasteiger partial charge in [0.25, 0.3) is 0 Å². The Balaban J connectivity index is 0.00000676. The normalized spacial score (nSPS) is 13.1. The molecule has 1 atom stereocenters. The van der Waals surface area contributed by atoms with E-state index in [2.05, 4.69) is 53.5 Å². The van der Waals surface area contributed by atoms with Crippen LogP contribution in [0.3, 0.4) is 0 Å². The fraction of sp³-hybridized carbons (Fsp3) is 0.722. The molecule has 0 saturated carbocycles. The highest BCUT2D eigenvalue weighted by molar-refractivity contribution is 14.0. The van der Waals surface area contributed by atoms with Gasteiger partial charge >= 0.3 is 5.97 Å². The molecule has 0 bridgehead atoms. The molecule has 1 aromatic heterocycles. The predicted molar refractivity (Wildman–Crippen MR) is 123 cm³/mol. The number of guanidine groups is 1. The number of aromatic nitrogens is 1. The van der Waals surface area contributed by atoms with Gasteiger partial charge in [-0.2, -0.15) is 0 Å². The summed E-state index contributed by atoms with van der Waals surface area (Å²) in [5.74, 6) is 0.406. The molecule has 0 spiro atoms. The molecule has 1 heterocycles. The van der Waals surface area contributed by atoms with Crippen molar-refractivity contribution in [3.63, 3.8) is 0 Å². The second kappa shape index (κ2) is 11.8. The molecule has 0 radical (unpaired) electrons. The van der Waals surface area contributed by atoms with Crippen LogP contribution in [0.1, 0.15) is 54.1 Å². The van der Waals surface area contributed by atoms with Gasteiger partial charge in [0.05, 0.1) is 18.3 Å². The highest BCUT2D eigenvalue weighted by atomic mass is 127. The van der Waals surface area contributed by atoms with Crippen LogP contribution in [0.25, 0.3) is 0 Å². The number of nitrogens with one attached hydrogen (secondary N) is 2. The van der Waals surface area contributed by atoms with Gasteiger partial charge in [0, 0.05) is 20.1 Å². The van der Waals surface area contributed by atoms with E-state index in [1.165, 1.54) is 11.3 Å². The molecule has 0 aliphatic carbocycles. The van der Waals surface area contributed by atoms with Crippen LogP contribution in [0.5, 0.6) is 0 Å². The minimum absolute atomic E-state index is 0. The topological polar surface area (TPSA) is 78.8 Å². The number of nitrogens with zero attached hydrogens (tertiary/aromatic N) is 3. The van der Waals surface area contributed by atoms with Crippen molar-refractivity contribution in [2.75, 3.05) is 40.8 Å². The van der Waals surface area contributed by atoms with Crippen LogP contribution < -0.4 is 10.6 Å². The number of rotatable bonds is 8. The number of hydrogen-bond acceptors (Lipinski definition) is 6. The first-order valence-corrected chi connectivity index (χ1v) is 9.67. The second-order valence-corrected chi connectivity index (χ2v) is 8.41. The maximum Gasteiger partial charge on any atom is 0.350 e. The van der Waals surface area contributed by atoms with Crippen molar-refractivity contribution in [1.82, 2.24) is 20.5 Å². The Morgan fingerprint density at radius 3 is 2.56 bits per heavy atom. The molecule has 0 aromatic carbocycles. The minimum atomic E-state index is -0.311. The zero-order chi connectivity index (χ0) is 19.9. The Hall–Kier alpha value is -0.940. The molecule has 0 aliphatic rings. The zero-order valence-electron chi connectivity index (χ0n) is 17.7. The number of carbonyl (C=O) groups excluding carboxylic acids is 1. The molecular weight excluding hydrogens is 477 g/mol. The summed E-state index contributed by atoms with van der Waals surface area (Å²) in [5, 5.41) is 7.55. The largest absolute Gasteiger partial charge is 0.462 e. The van der Waals surface area contributed by atoms with Crippen molar-refractivity contribution in [2.45, 2.75) is 40.7 Å². The molecule has 0 aliphatic heterocycles. The molecule has 1 unspecified atom stereocenters. The van der Waals surface area contributed by atoms with E-state index in [1.54, 1.807) is 14.0 Å². The van der Waals surface area contributed by atoms with Gasteiger partial charge in [0.15, 0.2) is 5.96 Å². The van der Waals surface area contributed by atoms with Crippen LogP contribution in [0, 0.1) is 12.3 Å². The summed E-state index contributed by atoms with van der Waals surface area (Å²) in [6, 6.07) is -0.0648. The van der Waals surface area contributed by atoms with Crippen molar-refractivity contribution in [1.29, 1.82) is 0 Å². The van der Waals surface area contributed by atoms with E-state index >= 15 is 0 Å². The summed E-state index contributed by atoms with van der Waals surface area (Å²) in [4.78, 5) is 23.5. The molecule has 156 valence electrons. The first-order valence-electron chi connectivity index (χ1n) is 8.86. The van der Waals surface area contributed by atoms with Gasteiger partial charge in [-0.1, -0.05) is 13.8 Å². The molecule has 0 saturated heterocycles. The van der Waals surface area contributed by atoms with Gasteiger partial charge in [-0.25, -0.2) is 9.78 Å². The second-order valence-electron chi connectivity index (χ2n) is 7.38. The number of esters is 1. The first kappa shape index (κ1) is 26.1. The molecular formula is C18H34IN5O2S. The van der Waals surface area contributed by atoms with Gasteiger partial charge in [-0.15, -0.1) is 35.3 Å². The molecule has 1 aromatic rings. The van der Waals surface area contributed by atoms with Gasteiger partial charge in [0.1, 0.15) is 9.88 Å². The van der Waals surface area contributed by atoms with Crippen LogP contribution in [-0.4, -0.2) is 62.7 Å². The lowest BCUT2D eigenvalue weighted by Crippen LogP contribution is -2.45. The highest BCUT2D eigenvalue weighted by Gasteiger charge is 2.22. The summed E-state index contributed by atoms with van der Waals surface area (Å²) in [6.45, 7) is 12.2. The molecule has 27 heavy (non-hydrogen) atoms. The van der Waals surface area contributed by atoms with E-state index < -0.39 is 0 Å². The molecule has 1 rings (SSSR count). The highest BCUT2D eigenvalue weighted by Crippen LogP contribution is 2.24. The van der Waals surface area contributed by atoms with Crippen molar-refractivity contribution < 1.29 is 9.53 Å². The van der Waals surface area contributed by atoms with Crippen LogP contribution in [0.15, 0.2) is 4.99 Å². The van der Waals surface area contributed by atoms with Crippen molar-refractivity contribution in [2.24, 2.45) is 10.4 Å². The lowest BCUT2D eigenvalue weighted by atomic mass is 9.93. The quantitative estimate of drug-likeness (QED) is 0.242. The van der Waals surface area contributed by atoms with Gasteiger partial charge in [-0.05, 0) is 40.3 Å². The number of thiazole rings is 1. The van der Waals surface area contributed by atoms with E-state index in [4.69, 9.17) is 4.74 Å². The predicted octanol–water partition coefficient (Wildman–Crippen LogP) is 3.06. The summed E-state index contributed by atoms with van der Waals surface area (Å²) < 4.78 is 5.08. The van der Waals surface area contributed by atoms with Gasteiger partial charge in [-0.3, -0.25) is 4.99 Å². The van der Waals surface area contributed by atoms with E-state index in [-0.39, 0.29) is 41.4 Å². The minimum Gasteiger partial charge on any atom is -0.462 e. The third-order valence-electron chi connectivity index (χ3n) is 3.70. The fourth-order valence-electron chi connectivity index (χ4n) is 2.68. The standard InChI is InChI=1S/C18H33N5O2S.HI/c1-9-25-16(24)14-12(2)21-15(26-14)13(3)22-17(19-6)20-10-18(4,5)11-23(7)8;/h13H,9-11H2,1-8H3,(H2,19,20,22);1H. The van der Waals surface area contributed by atoms with Crippen LogP contribution in [-0.2, 0) is 4.74 Å². The zero-order valence-corrected chi connectivity index (χ0v) is 20.8. The summed E-state index contributed by atoms with van der Waals surface area (Å²) in [7, 11) is 5.89. The van der Waals surface area contributed by atoms with Crippen molar-refractivity contribution in [3.05, 3.63) is 15.6 Å². The number of halogens is 1. The number of aliphatic imine (C=N–C) groups is 1. The number of ether oxygens (including phenoxy) is 1. The van der Waals surface area contributed by atoms with Crippen LogP contribution in [0.4, 0.5) is 0 Å². The summed E-state index contributed by atoms with van der Waals surface area (Å²) in [6.07, 6.45) is 0. The lowest BCUT2D eigenvalue weighted by Gasteiger charge is -2.29. The third kappa shape index (κ3) is 8.73. The number of hydrogen-bond donors (Lipinski definition) is 2. The average Bonchev–Trinajstić information content (AvgIpc) is 2.92. The molecule has 2 N–H and O–H groups in total. The number of carbonyl (C=O) groups is 1. The Morgan fingerprint density at radius 1 is 1.41 bits per heavy atom. The van der Waals surface area contributed by atoms with Crippen LogP contribution in [0.2, 0.25) is 0 Å². The molecule has 0 fully saturated rings. The monoisotopic (exact) mass is 511 g/mol. The average molecular weight is 511 g/mol. The smallest absolute Gasteiger partial charge is 0.350 e. The molecule has 7 nitrogen and oxygen atoms in total. The van der Waals surface area contributed by atoms with Gasteiger partial charge < -0.3 is 20.3 Å². The van der Waals surface area contributed by atoms with E-state index in [0.717, 1.165) is 24.1 Å². The first-order chi connectivity index (χ1) is 12.1. The SMILES string of the molecule is CCOC(=O)c1sc(C(C)NC(=NC)NCC(C)(C)CN(C)C)nc1C.I. The third-order valence-corrected chi connectivity index (χ3v) is 5.02. The molecule has 9 heteroatoms. The Bertz CT molecular complexity index is 631. The Morgan fingerprint density at radius 2 is 2.04 bits per heavy atom. The maximum absolute atomic E-state index is 12.0. The van der Waals surface area contributed by atoms with Crippen molar-refractivity contribution >= 4 is 47.2 Å². The van der Waals surface area contributed by atoms with E-state index in [9.17, 15) is 4.79 Å². The summed E-state index contributed by atoms with van der Waals surface area (Å²) in [5.41, 5.74) is 0.811. The van der Waals surface area contributed by atoms with E-state index in [1.807, 2.05) is 13.8 Å². The van der Waals surface area contributed by atoms with Gasteiger partial charge in [0.2, 0.25) is 0 Å². The van der Waals surface area contributed by atoms with Crippen LogP contribution >= 0.6 is 35.3 Å². The lowest BCUT2D eigenvalue weighted by molar-refractivity contribution is 0.0531.